The maximum absolute atomic E-state index is 13.0. The highest BCUT2D eigenvalue weighted by molar-refractivity contribution is 7.91. The van der Waals surface area contributed by atoms with E-state index in [4.69, 9.17) is 0 Å². The highest BCUT2D eigenvalue weighted by Crippen LogP contribution is 2.35. The quantitative estimate of drug-likeness (QED) is 0.551. The number of hydrogen-bond donors (Lipinski definition) is 0. The molecule has 3 aromatic rings. The molecule has 31 heavy (non-hydrogen) atoms. The molecule has 0 saturated carbocycles. The van der Waals surface area contributed by atoms with Crippen LogP contribution in [0.1, 0.15) is 24.4 Å². The lowest BCUT2D eigenvalue weighted by atomic mass is 10.2. The Kier molecular flexibility index (Phi) is 4.83. The van der Waals surface area contributed by atoms with Gasteiger partial charge in [-0.05, 0) is 18.9 Å². The first kappa shape index (κ1) is 21.6. The Balaban J connectivity index is 1.95. The number of rotatable bonds is 3. The molecule has 14 heteroatoms. The predicted octanol–water partition coefficient (Wildman–Crippen LogP) is 3.52. The molecule has 0 saturated heterocycles. The molecule has 0 atom stereocenters. The van der Waals surface area contributed by atoms with Crippen LogP contribution in [-0.2, 0) is 36.0 Å². The lowest BCUT2D eigenvalue weighted by molar-refractivity contribution is -0.141. The molecule has 0 amide bonds. The molecule has 0 aromatic carbocycles. The number of aromatic nitrogens is 5. The Hall–Kier alpha value is -2.64. The van der Waals surface area contributed by atoms with Crippen molar-refractivity contribution in [1.29, 1.82) is 0 Å². The Labute approximate surface area is 171 Å². The Bertz CT molecular complexity index is 1270. The molecule has 0 fully saturated rings. The fourth-order valence-corrected chi connectivity index (χ4v) is 5.19. The molecule has 0 spiro atoms. The van der Waals surface area contributed by atoms with Crippen molar-refractivity contribution in [3.63, 3.8) is 0 Å². The number of nitrogens with zero attached hydrogens (tertiary/aromatic N) is 5. The fraction of sp³-hybridized carbons (Fsp3) is 0.471. The van der Waals surface area contributed by atoms with E-state index in [0.29, 0.717) is 31.2 Å². The lowest BCUT2D eigenvalue weighted by Crippen LogP contribution is -2.26. The molecular weight excluding hydrogens is 452 g/mol. The Morgan fingerprint density at radius 2 is 1.81 bits per heavy atom. The number of imidazole rings is 2. The molecule has 1 aliphatic rings. The molecule has 0 bridgehead atoms. The van der Waals surface area contributed by atoms with Gasteiger partial charge in [-0.15, -0.1) is 0 Å². The first-order chi connectivity index (χ1) is 14.3. The molecule has 4 rings (SSSR count). The van der Waals surface area contributed by atoms with Gasteiger partial charge >= 0.3 is 12.4 Å². The third-order valence-electron chi connectivity index (χ3n) is 4.95. The first-order valence-corrected chi connectivity index (χ1v) is 10.7. The van der Waals surface area contributed by atoms with E-state index in [9.17, 15) is 34.8 Å². The SMILES string of the molecule is Cn1c(-c2nc3n(c2S(=O)(=O)CC(F)(F)F)CCCC3)nc2cc(C(F)(F)F)ncc21. The average molecular weight is 467 g/mol. The predicted molar refractivity (Wildman–Crippen MR) is 95.8 cm³/mol. The summed E-state index contributed by atoms with van der Waals surface area (Å²) in [5.74, 6) is -1.94. The highest BCUT2D eigenvalue weighted by atomic mass is 32.2. The van der Waals surface area contributed by atoms with E-state index < -0.39 is 38.7 Å². The van der Waals surface area contributed by atoms with E-state index in [2.05, 4.69) is 15.0 Å². The number of hydrogen-bond acceptors (Lipinski definition) is 5. The molecule has 3 aromatic heterocycles. The van der Waals surface area contributed by atoms with Crippen LogP contribution in [-0.4, -0.2) is 44.4 Å². The van der Waals surface area contributed by atoms with Gasteiger partial charge in [-0.3, -0.25) is 0 Å². The van der Waals surface area contributed by atoms with E-state index in [-0.39, 0.29) is 29.1 Å². The third-order valence-corrected chi connectivity index (χ3v) is 6.66. The fourth-order valence-electron chi connectivity index (χ4n) is 3.66. The van der Waals surface area contributed by atoms with Crippen molar-refractivity contribution in [1.82, 2.24) is 24.1 Å². The minimum Gasteiger partial charge on any atom is -0.324 e. The van der Waals surface area contributed by atoms with Crippen LogP contribution in [0.3, 0.4) is 0 Å². The van der Waals surface area contributed by atoms with E-state index in [0.717, 1.165) is 6.20 Å². The van der Waals surface area contributed by atoms with Gasteiger partial charge in [-0.1, -0.05) is 0 Å². The number of alkyl halides is 6. The largest absolute Gasteiger partial charge is 0.433 e. The summed E-state index contributed by atoms with van der Waals surface area (Å²) < 4.78 is 106. The second kappa shape index (κ2) is 6.93. The van der Waals surface area contributed by atoms with Crippen molar-refractivity contribution in [3.05, 3.63) is 23.8 Å². The summed E-state index contributed by atoms with van der Waals surface area (Å²) in [4.78, 5) is 11.7. The van der Waals surface area contributed by atoms with Crippen molar-refractivity contribution in [2.24, 2.45) is 7.05 Å². The number of pyridine rings is 1. The second-order valence-electron chi connectivity index (χ2n) is 7.22. The van der Waals surface area contributed by atoms with Crippen LogP contribution in [0.4, 0.5) is 26.3 Å². The zero-order valence-corrected chi connectivity index (χ0v) is 16.7. The summed E-state index contributed by atoms with van der Waals surface area (Å²) in [5, 5.41) is -0.623. The molecule has 4 heterocycles. The van der Waals surface area contributed by atoms with Crippen molar-refractivity contribution in [2.45, 2.75) is 43.2 Å². The summed E-state index contributed by atoms with van der Waals surface area (Å²) in [6.07, 6.45) is -7.18. The second-order valence-corrected chi connectivity index (χ2v) is 9.12. The third kappa shape index (κ3) is 3.88. The molecular formula is C17H15F6N5O2S. The van der Waals surface area contributed by atoms with Crippen LogP contribution >= 0.6 is 0 Å². The Morgan fingerprint density at radius 3 is 2.45 bits per heavy atom. The summed E-state index contributed by atoms with van der Waals surface area (Å²) in [7, 11) is -3.45. The summed E-state index contributed by atoms with van der Waals surface area (Å²) in [5.41, 5.74) is -1.50. The van der Waals surface area contributed by atoms with Crippen molar-refractivity contribution >= 4 is 20.9 Å². The summed E-state index contributed by atoms with van der Waals surface area (Å²) >= 11 is 0. The van der Waals surface area contributed by atoms with Gasteiger partial charge in [0.25, 0.3) is 0 Å². The zero-order valence-electron chi connectivity index (χ0n) is 15.9. The van der Waals surface area contributed by atoms with Crippen molar-refractivity contribution in [3.8, 4) is 11.5 Å². The molecule has 7 nitrogen and oxygen atoms in total. The van der Waals surface area contributed by atoms with Crippen LogP contribution in [0.15, 0.2) is 17.3 Å². The van der Waals surface area contributed by atoms with Gasteiger partial charge in [0.2, 0.25) is 9.84 Å². The monoisotopic (exact) mass is 467 g/mol. The molecule has 168 valence electrons. The van der Waals surface area contributed by atoms with Gasteiger partial charge in [-0.25, -0.2) is 23.4 Å². The normalized spacial score (nSPS) is 15.5. The van der Waals surface area contributed by atoms with Crippen LogP contribution in [0.25, 0.3) is 22.6 Å². The number of sulfone groups is 1. The van der Waals surface area contributed by atoms with Crippen LogP contribution in [0.5, 0.6) is 0 Å². The first-order valence-electron chi connectivity index (χ1n) is 9.07. The smallest absolute Gasteiger partial charge is 0.324 e. The van der Waals surface area contributed by atoms with Crippen LogP contribution < -0.4 is 0 Å². The highest BCUT2D eigenvalue weighted by Gasteiger charge is 2.41. The van der Waals surface area contributed by atoms with E-state index >= 15 is 0 Å². The standard InChI is InChI=1S/C17H15F6N5O2S/c1-27-10-7-24-11(17(21,22)23)6-9(10)25-14(27)13-15(31(29,30)8-16(18,19)20)28-5-3-2-4-12(28)26-13/h6-7H,2-5,8H2,1H3. The van der Waals surface area contributed by atoms with Crippen molar-refractivity contribution in [2.75, 3.05) is 5.75 Å². The van der Waals surface area contributed by atoms with Crippen LogP contribution in [0, 0.1) is 0 Å². The lowest BCUT2D eigenvalue weighted by Gasteiger charge is -2.17. The van der Waals surface area contributed by atoms with Gasteiger partial charge < -0.3 is 9.13 Å². The molecule has 0 N–H and O–H groups in total. The summed E-state index contributed by atoms with van der Waals surface area (Å²) in [6, 6.07) is 0.693. The van der Waals surface area contributed by atoms with Gasteiger partial charge in [0, 0.05) is 20.0 Å². The van der Waals surface area contributed by atoms with E-state index in [1.807, 2.05) is 0 Å². The van der Waals surface area contributed by atoms with E-state index in [1.165, 1.54) is 16.2 Å². The summed E-state index contributed by atoms with van der Waals surface area (Å²) in [6.45, 7) is 0.165. The van der Waals surface area contributed by atoms with E-state index in [1.54, 1.807) is 0 Å². The molecule has 0 unspecified atom stereocenters. The molecule has 0 aliphatic carbocycles. The molecule has 0 radical (unpaired) electrons. The topological polar surface area (TPSA) is 82.7 Å². The van der Waals surface area contributed by atoms with Gasteiger partial charge in [0.15, 0.2) is 16.6 Å². The van der Waals surface area contributed by atoms with Gasteiger partial charge in [-0.2, -0.15) is 26.3 Å². The average Bonchev–Trinajstić information content (AvgIpc) is 3.17. The van der Waals surface area contributed by atoms with Gasteiger partial charge in [0.1, 0.15) is 17.2 Å². The Morgan fingerprint density at radius 1 is 1.10 bits per heavy atom. The van der Waals surface area contributed by atoms with Crippen LogP contribution in [0.2, 0.25) is 0 Å². The minimum absolute atomic E-state index is 0.134. The number of fused-ring (bicyclic) bond motifs is 2. The maximum Gasteiger partial charge on any atom is 0.433 e. The van der Waals surface area contributed by atoms with Gasteiger partial charge in [0.05, 0.1) is 17.2 Å². The number of halogens is 6. The zero-order chi connectivity index (χ0) is 22.8. The minimum atomic E-state index is -4.98. The maximum atomic E-state index is 13.0. The molecule has 1 aliphatic heterocycles. The van der Waals surface area contributed by atoms with Crippen molar-refractivity contribution < 1.29 is 34.8 Å². The number of aryl methyl sites for hydroxylation is 2.